The number of ketones is 1. The number of nitrogens with zero attached hydrogens (tertiary/aromatic N) is 2. The smallest absolute Gasteiger partial charge is 0.161 e. The summed E-state index contributed by atoms with van der Waals surface area (Å²) in [5.41, 5.74) is 5.57. The number of aryl methyl sites for hydroxylation is 2. The third-order valence-corrected chi connectivity index (χ3v) is 5.27. The van der Waals surface area contributed by atoms with E-state index in [2.05, 4.69) is 15.3 Å². The second kappa shape index (κ2) is 5.78. The van der Waals surface area contributed by atoms with Crippen LogP contribution in [0.25, 0.3) is 11.4 Å². The molecule has 0 atom stereocenters. The highest BCUT2D eigenvalue weighted by molar-refractivity contribution is 7.10. The number of thiazole rings is 2. The van der Waals surface area contributed by atoms with Crippen LogP contribution in [0.3, 0.4) is 0 Å². The second-order valence-corrected chi connectivity index (χ2v) is 7.35. The molecule has 0 amide bonds. The number of nitrogens with one attached hydrogen (secondary N) is 1. The molecule has 0 aliphatic carbocycles. The maximum absolute atomic E-state index is 11.7. The largest absolute Gasteiger partial charge is 0.356 e. The Hall–Kier alpha value is -1.79. The maximum atomic E-state index is 11.7. The van der Waals surface area contributed by atoms with Crippen molar-refractivity contribution in [1.82, 2.24) is 15.0 Å². The summed E-state index contributed by atoms with van der Waals surface area (Å²) in [6.45, 7) is 7.51. The molecule has 6 heteroatoms. The van der Waals surface area contributed by atoms with Gasteiger partial charge in [-0.2, -0.15) is 0 Å². The summed E-state index contributed by atoms with van der Waals surface area (Å²) in [4.78, 5) is 24.2. The topological polar surface area (TPSA) is 58.6 Å². The third-order valence-electron chi connectivity index (χ3n) is 3.60. The summed E-state index contributed by atoms with van der Waals surface area (Å²) in [5.74, 6) is 0.0888. The van der Waals surface area contributed by atoms with Crippen LogP contribution in [0, 0.1) is 20.8 Å². The zero-order valence-electron chi connectivity index (χ0n) is 13.0. The second-order valence-electron chi connectivity index (χ2n) is 5.34. The highest BCUT2D eigenvalue weighted by Crippen LogP contribution is 2.29. The Morgan fingerprint density at radius 3 is 2.55 bits per heavy atom. The van der Waals surface area contributed by atoms with Crippen molar-refractivity contribution in [3.8, 4) is 11.4 Å². The Balaban J connectivity index is 1.91. The number of hydrogen-bond donors (Lipinski definition) is 1. The van der Waals surface area contributed by atoms with Crippen LogP contribution in [-0.4, -0.2) is 20.7 Å². The van der Waals surface area contributed by atoms with Crippen LogP contribution in [0.15, 0.2) is 10.8 Å². The van der Waals surface area contributed by atoms with E-state index in [1.807, 2.05) is 26.2 Å². The van der Waals surface area contributed by atoms with Gasteiger partial charge in [-0.3, -0.25) is 4.79 Å². The van der Waals surface area contributed by atoms with Gasteiger partial charge in [-0.05, 0) is 33.3 Å². The van der Waals surface area contributed by atoms with Crippen molar-refractivity contribution >= 4 is 28.5 Å². The van der Waals surface area contributed by atoms with Gasteiger partial charge in [-0.1, -0.05) is 0 Å². The number of aromatic nitrogens is 3. The van der Waals surface area contributed by atoms with Gasteiger partial charge >= 0.3 is 0 Å². The summed E-state index contributed by atoms with van der Waals surface area (Å²) < 4.78 is 0. The predicted molar refractivity (Wildman–Crippen MR) is 91.0 cm³/mol. The van der Waals surface area contributed by atoms with Gasteiger partial charge in [0.1, 0.15) is 0 Å². The number of Topliss-reactive ketones (excluding diaryl/α,β-unsaturated/α-hetero) is 1. The Kier molecular flexibility index (Phi) is 3.97. The van der Waals surface area contributed by atoms with E-state index >= 15 is 0 Å². The molecule has 0 fully saturated rings. The van der Waals surface area contributed by atoms with E-state index in [0.717, 1.165) is 50.3 Å². The minimum absolute atomic E-state index is 0.0888. The van der Waals surface area contributed by atoms with Gasteiger partial charge in [0.2, 0.25) is 0 Å². The molecule has 0 radical (unpaired) electrons. The van der Waals surface area contributed by atoms with Gasteiger partial charge < -0.3 is 4.98 Å². The van der Waals surface area contributed by atoms with Crippen LogP contribution in [0.2, 0.25) is 0 Å². The van der Waals surface area contributed by atoms with Crippen molar-refractivity contribution in [3.63, 3.8) is 0 Å². The normalized spacial score (nSPS) is 11.1. The molecule has 0 saturated carbocycles. The number of rotatable bonds is 4. The first-order chi connectivity index (χ1) is 10.5. The van der Waals surface area contributed by atoms with Crippen LogP contribution < -0.4 is 0 Å². The molecule has 3 aromatic rings. The van der Waals surface area contributed by atoms with Crippen molar-refractivity contribution in [2.75, 3.05) is 0 Å². The molecule has 1 N–H and O–H groups in total. The number of aromatic amines is 1. The van der Waals surface area contributed by atoms with Crippen LogP contribution in [-0.2, 0) is 6.42 Å². The number of carbonyl (C=O) groups excluding carboxylic acids is 1. The SMILES string of the molecule is CC(=O)c1c(C)[nH]c(-c2csc(Cc3csc(C)n3)n2)c1C. The fraction of sp³-hybridized carbons (Fsp3) is 0.312. The van der Waals surface area contributed by atoms with Gasteiger partial charge in [0.25, 0.3) is 0 Å². The molecule has 114 valence electrons. The van der Waals surface area contributed by atoms with Gasteiger partial charge in [-0.25, -0.2) is 9.97 Å². The van der Waals surface area contributed by atoms with E-state index in [-0.39, 0.29) is 5.78 Å². The van der Waals surface area contributed by atoms with Crippen molar-refractivity contribution in [2.45, 2.75) is 34.1 Å². The summed E-state index contributed by atoms with van der Waals surface area (Å²) in [7, 11) is 0. The molecule has 0 spiro atoms. The minimum Gasteiger partial charge on any atom is -0.356 e. The zero-order valence-corrected chi connectivity index (χ0v) is 14.6. The Labute approximate surface area is 137 Å². The zero-order chi connectivity index (χ0) is 15.9. The fourth-order valence-corrected chi connectivity index (χ4v) is 4.10. The lowest BCUT2D eigenvalue weighted by atomic mass is 10.1. The molecule has 22 heavy (non-hydrogen) atoms. The molecule has 0 aromatic carbocycles. The van der Waals surface area contributed by atoms with Crippen molar-refractivity contribution in [1.29, 1.82) is 0 Å². The third kappa shape index (κ3) is 2.76. The first kappa shape index (κ1) is 15.1. The van der Waals surface area contributed by atoms with Gasteiger partial charge in [-0.15, -0.1) is 22.7 Å². The van der Waals surface area contributed by atoms with Crippen molar-refractivity contribution in [2.24, 2.45) is 0 Å². The summed E-state index contributed by atoms with van der Waals surface area (Å²) in [6, 6.07) is 0. The lowest BCUT2D eigenvalue weighted by Gasteiger charge is -1.97. The van der Waals surface area contributed by atoms with E-state index < -0.39 is 0 Å². The first-order valence-corrected chi connectivity index (χ1v) is 8.77. The standard InChI is InChI=1S/C16H17N3OS2/c1-8-15(10(3)20)9(2)17-16(8)13-7-22-14(19-13)5-12-6-21-11(4)18-12/h6-7,17H,5H2,1-4H3. The highest BCUT2D eigenvalue weighted by atomic mass is 32.1. The molecule has 0 aliphatic rings. The summed E-state index contributed by atoms with van der Waals surface area (Å²) in [5, 5.41) is 6.23. The number of H-pyrrole nitrogens is 1. The van der Waals surface area contributed by atoms with Crippen LogP contribution in [0.5, 0.6) is 0 Å². The average Bonchev–Trinajstić information content (AvgIpc) is 3.11. The predicted octanol–water partition coefficient (Wildman–Crippen LogP) is 4.31. The monoisotopic (exact) mass is 331 g/mol. The van der Waals surface area contributed by atoms with Gasteiger partial charge in [0.05, 0.1) is 27.1 Å². The Morgan fingerprint density at radius 2 is 1.95 bits per heavy atom. The maximum Gasteiger partial charge on any atom is 0.161 e. The van der Waals surface area contributed by atoms with E-state index in [0.29, 0.717) is 0 Å². The van der Waals surface area contributed by atoms with Crippen molar-refractivity contribution < 1.29 is 4.79 Å². The molecule has 3 aromatic heterocycles. The lowest BCUT2D eigenvalue weighted by Crippen LogP contribution is -1.94. The van der Waals surface area contributed by atoms with Crippen LogP contribution >= 0.6 is 22.7 Å². The molecule has 0 aliphatic heterocycles. The molecule has 3 heterocycles. The molecule has 0 unspecified atom stereocenters. The minimum atomic E-state index is 0.0888. The quantitative estimate of drug-likeness (QED) is 0.725. The lowest BCUT2D eigenvalue weighted by molar-refractivity contribution is 0.101. The Morgan fingerprint density at radius 1 is 1.18 bits per heavy atom. The molecular weight excluding hydrogens is 314 g/mol. The van der Waals surface area contributed by atoms with E-state index in [4.69, 9.17) is 4.98 Å². The highest BCUT2D eigenvalue weighted by Gasteiger charge is 2.18. The molecule has 4 nitrogen and oxygen atoms in total. The molecule has 3 rings (SSSR count). The molecule has 0 bridgehead atoms. The van der Waals surface area contributed by atoms with E-state index in [1.54, 1.807) is 29.6 Å². The van der Waals surface area contributed by atoms with Gasteiger partial charge in [0, 0.05) is 28.4 Å². The Bertz CT molecular complexity index is 842. The van der Waals surface area contributed by atoms with Gasteiger partial charge in [0.15, 0.2) is 5.78 Å². The molecular formula is C16H17N3OS2. The number of carbonyl (C=O) groups is 1. The molecule has 0 saturated heterocycles. The van der Waals surface area contributed by atoms with Crippen LogP contribution in [0.4, 0.5) is 0 Å². The van der Waals surface area contributed by atoms with Crippen molar-refractivity contribution in [3.05, 3.63) is 43.3 Å². The number of hydrogen-bond acceptors (Lipinski definition) is 5. The first-order valence-electron chi connectivity index (χ1n) is 7.01. The summed E-state index contributed by atoms with van der Waals surface area (Å²) >= 11 is 3.29. The summed E-state index contributed by atoms with van der Waals surface area (Å²) in [6.07, 6.45) is 0.757. The van der Waals surface area contributed by atoms with Crippen LogP contribution in [0.1, 0.15) is 44.2 Å². The van der Waals surface area contributed by atoms with E-state index in [1.165, 1.54) is 0 Å². The average molecular weight is 331 g/mol. The van der Waals surface area contributed by atoms with E-state index in [9.17, 15) is 4.79 Å². The fourth-order valence-electron chi connectivity index (χ4n) is 2.69.